The molecule has 0 fully saturated rings. The van der Waals surface area contributed by atoms with Crippen LogP contribution < -0.4 is 0 Å². The Labute approximate surface area is 272 Å². The molecule has 0 N–H and O–H groups in total. The van der Waals surface area contributed by atoms with Crippen LogP contribution in [0.15, 0.2) is 49.5 Å². The second-order valence-corrected chi connectivity index (χ2v) is 21.2. The molecular formula is C15H3Br13. The van der Waals surface area contributed by atoms with E-state index in [1.807, 2.05) is 18.2 Å². The van der Waals surface area contributed by atoms with Crippen molar-refractivity contribution in [3.05, 3.63) is 60.6 Å². The van der Waals surface area contributed by atoms with E-state index in [-0.39, 0.29) is 0 Å². The fourth-order valence-electron chi connectivity index (χ4n) is 2.15. The number of alkyl halides is 6. The van der Waals surface area contributed by atoms with E-state index in [1.165, 1.54) is 0 Å². The highest BCUT2D eigenvalue weighted by molar-refractivity contribution is 9.32. The normalized spacial score (nSPS) is 13.2. The second kappa shape index (κ2) is 10.7. The highest BCUT2D eigenvalue weighted by atomic mass is 79.9. The van der Waals surface area contributed by atoms with E-state index in [9.17, 15) is 0 Å². The average molecular weight is 1220 g/mol. The van der Waals surface area contributed by atoms with E-state index in [1.54, 1.807) is 0 Å². The molecule has 0 spiro atoms. The predicted octanol–water partition coefficient (Wildman–Crippen LogP) is 13.1. The van der Waals surface area contributed by atoms with Crippen molar-refractivity contribution in [2.45, 2.75) is 9.70 Å². The minimum Gasteiger partial charge on any atom is -0.0669 e. The van der Waals surface area contributed by atoms with Crippen LogP contribution in [0, 0.1) is 0 Å². The Morgan fingerprint density at radius 1 is 0.500 bits per heavy atom. The molecule has 0 aliphatic rings. The summed E-state index contributed by atoms with van der Waals surface area (Å²) in [5.74, 6) is 0. The zero-order chi connectivity index (χ0) is 21.8. The van der Waals surface area contributed by atoms with Crippen LogP contribution in [0.25, 0.3) is 0 Å². The van der Waals surface area contributed by atoms with Crippen molar-refractivity contribution in [3.63, 3.8) is 0 Å². The highest BCUT2D eigenvalue weighted by Gasteiger charge is 2.60. The first kappa shape index (κ1) is 28.9. The summed E-state index contributed by atoms with van der Waals surface area (Å²) < 4.78 is 3.77. The van der Waals surface area contributed by atoms with Crippen molar-refractivity contribution in [3.8, 4) is 0 Å². The molecule has 0 heterocycles. The van der Waals surface area contributed by atoms with E-state index in [2.05, 4.69) is 207 Å². The van der Waals surface area contributed by atoms with Crippen LogP contribution in [-0.2, 0) is 6.47 Å². The molecule has 0 aliphatic heterocycles. The largest absolute Gasteiger partial charge is 0.139 e. The summed E-state index contributed by atoms with van der Waals surface area (Å²) in [6.45, 7) is 0. The smallest absolute Gasteiger partial charge is 0.0669 e. The third kappa shape index (κ3) is 5.12. The van der Waals surface area contributed by atoms with Gasteiger partial charge in [-0.25, -0.2) is 0 Å². The van der Waals surface area contributed by atoms with Gasteiger partial charge in [-0.1, -0.05) is 108 Å². The monoisotopic (exact) mass is 1210 g/mol. The molecule has 0 nitrogen and oxygen atoms in total. The summed E-state index contributed by atoms with van der Waals surface area (Å²) in [6.07, 6.45) is 0. The van der Waals surface area contributed by atoms with Crippen LogP contribution in [0.2, 0.25) is 0 Å². The molecule has 0 aromatic heterocycles. The Hall–Kier alpha value is 4.68. The molecule has 28 heavy (non-hydrogen) atoms. The maximum atomic E-state index is 3.90. The molecule has 0 saturated carbocycles. The highest BCUT2D eigenvalue weighted by Crippen LogP contribution is 2.70. The van der Waals surface area contributed by atoms with Crippen molar-refractivity contribution in [1.82, 2.24) is 0 Å². The maximum absolute atomic E-state index is 3.90. The number of benzene rings is 2. The third-order valence-corrected chi connectivity index (χ3v) is 22.4. The molecule has 0 atom stereocenters. The van der Waals surface area contributed by atoms with Gasteiger partial charge in [0.2, 0.25) is 0 Å². The third-order valence-electron chi connectivity index (χ3n) is 3.60. The van der Waals surface area contributed by atoms with E-state index in [4.69, 9.17) is 0 Å². The lowest BCUT2D eigenvalue weighted by Gasteiger charge is -2.45. The Morgan fingerprint density at radius 2 is 0.929 bits per heavy atom. The van der Waals surface area contributed by atoms with Crippen molar-refractivity contribution in [2.75, 3.05) is 0 Å². The molecular weight excluding hydrogens is 1220 g/mol. The van der Waals surface area contributed by atoms with Gasteiger partial charge in [-0.2, -0.15) is 0 Å². The molecule has 0 saturated heterocycles. The summed E-state index contributed by atoms with van der Waals surface area (Å²) >= 11 is 48.9. The molecule has 0 aliphatic carbocycles. The molecule has 2 aromatic carbocycles. The molecule has 13 heteroatoms. The van der Waals surface area contributed by atoms with Crippen LogP contribution in [0.4, 0.5) is 0 Å². The van der Waals surface area contributed by atoms with Crippen molar-refractivity contribution >= 4 is 207 Å². The fourth-order valence-corrected chi connectivity index (χ4v) is 12.8. The molecule has 2 rings (SSSR count). The molecule has 2 aromatic rings. The molecule has 0 amide bonds. The van der Waals surface area contributed by atoms with Crippen molar-refractivity contribution in [1.29, 1.82) is 0 Å². The Bertz CT molecular complexity index is 903. The van der Waals surface area contributed by atoms with Gasteiger partial charge in [0.1, 0.15) is 9.70 Å². The fraction of sp³-hybridized carbons (Fsp3) is 0.200. The van der Waals surface area contributed by atoms with Gasteiger partial charge in [0.15, 0.2) is 0 Å². The van der Waals surface area contributed by atoms with Gasteiger partial charge in [-0.3, -0.25) is 0 Å². The Kier molecular flexibility index (Phi) is 11.1. The van der Waals surface area contributed by atoms with Crippen molar-refractivity contribution in [2.24, 2.45) is 0 Å². The first-order chi connectivity index (χ1) is 12.6. The maximum Gasteiger partial charge on any atom is 0.139 e. The first-order valence-corrected chi connectivity index (χ1v) is 17.0. The second-order valence-electron chi connectivity index (χ2n) is 5.27. The van der Waals surface area contributed by atoms with Gasteiger partial charge in [-0.05, 0) is 123 Å². The lowest BCUT2D eigenvalue weighted by molar-refractivity contribution is 0.727. The van der Waals surface area contributed by atoms with Gasteiger partial charge in [0.25, 0.3) is 0 Å². The van der Waals surface area contributed by atoms with Gasteiger partial charge in [0.05, 0.1) is 0 Å². The molecule has 0 unspecified atom stereocenters. The summed E-state index contributed by atoms with van der Waals surface area (Å²) in [5, 5.41) is 0. The topological polar surface area (TPSA) is 0 Å². The SMILES string of the molecule is Brc1cccc(C(Br)(Br)C(Br)(Br)C(Br)(Br)c2c(Br)c(Br)c(Br)c(Br)c2Br)c1Br. The van der Waals surface area contributed by atoms with Crippen LogP contribution in [0.1, 0.15) is 11.1 Å². The van der Waals surface area contributed by atoms with E-state index in [0.717, 1.165) is 42.4 Å². The lowest BCUT2D eigenvalue weighted by Crippen LogP contribution is -2.45. The standard InChI is InChI=1S/C15H3Br13/c16-5-3-1-2-4(7(5)17)13(23,24)15(27,28)14(25,26)6-8(18)10(20)12(22)11(21)9(6)19/h1-3H. The number of halogens is 13. The van der Waals surface area contributed by atoms with Crippen LogP contribution in [0.3, 0.4) is 0 Å². The lowest BCUT2D eigenvalue weighted by atomic mass is 10.0. The van der Waals surface area contributed by atoms with Crippen molar-refractivity contribution < 1.29 is 0 Å². The van der Waals surface area contributed by atoms with Crippen LogP contribution >= 0.6 is 207 Å². The molecule has 0 bridgehead atoms. The van der Waals surface area contributed by atoms with E-state index < -0.39 is 9.70 Å². The number of rotatable bonds is 4. The van der Waals surface area contributed by atoms with E-state index in [0.29, 0.717) is 0 Å². The minimum absolute atomic E-state index is 0.770. The Balaban J connectivity index is 2.79. The number of hydrogen-bond donors (Lipinski definition) is 0. The quantitative estimate of drug-likeness (QED) is 0.163. The van der Waals surface area contributed by atoms with Gasteiger partial charge in [0, 0.05) is 36.9 Å². The summed E-state index contributed by atoms with van der Waals surface area (Å²) in [6, 6.07) is 5.96. The zero-order valence-electron chi connectivity index (χ0n) is 12.6. The minimum atomic E-state index is -0.832. The van der Waals surface area contributed by atoms with E-state index >= 15 is 0 Å². The van der Waals surface area contributed by atoms with Gasteiger partial charge in [-0.15, -0.1) is 0 Å². The Morgan fingerprint density at radius 3 is 1.39 bits per heavy atom. The van der Waals surface area contributed by atoms with Gasteiger partial charge >= 0.3 is 0 Å². The van der Waals surface area contributed by atoms with Crippen LogP contribution in [-0.4, -0.2) is 3.23 Å². The summed E-state index contributed by atoms with van der Waals surface area (Å²) in [4.78, 5) is 0. The average Bonchev–Trinajstić information content (AvgIpc) is 2.60. The van der Waals surface area contributed by atoms with Gasteiger partial charge < -0.3 is 0 Å². The summed E-state index contributed by atoms with van der Waals surface area (Å²) in [5.41, 5.74) is 1.86. The predicted molar refractivity (Wildman–Crippen MR) is 166 cm³/mol. The molecule has 154 valence electrons. The number of hydrogen-bond acceptors (Lipinski definition) is 0. The summed E-state index contributed by atoms with van der Waals surface area (Å²) in [7, 11) is 0. The molecule has 0 radical (unpaired) electrons. The first-order valence-electron chi connectivity index (χ1n) is 6.70. The van der Waals surface area contributed by atoms with Crippen LogP contribution in [0.5, 0.6) is 0 Å². The zero-order valence-corrected chi connectivity index (χ0v) is 33.3.